The van der Waals surface area contributed by atoms with Gasteiger partial charge in [0, 0.05) is 69.5 Å². The van der Waals surface area contributed by atoms with Crippen molar-refractivity contribution >= 4 is 16.7 Å². The summed E-state index contributed by atoms with van der Waals surface area (Å²) in [7, 11) is 4.14. The van der Waals surface area contributed by atoms with Crippen LogP contribution in [0.4, 0.5) is 5.82 Å². The lowest BCUT2D eigenvalue weighted by atomic mass is 9.93. The van der Waals surface area contributed by atoms with Crippen LogP contribution in [0, 0.1) is 6.92 Å². The quantitative estimate of drug-likeness (QED) is 0.340. The zero-order valence-electron chi connectivity index (χ0n) is 24.3. The fraction of sp³-hybridized carbons (Fsp3) is 0.516. The lowest BCUT2D eigenvalue weighted by Crippen LogP contribution is -2.43. The second-order valence-corrected chi connectivity index (χ2v) is 11.5. The number of piperazine rings is 1. The minimum atomic E-state index is 0.215. The molecule has 0 spiro atoms. The number of likely N-dealkylation sites (N-methyl/N-ethyl adjacent to an activating group) is 1. The minimum absolute atomic E-state index is 0.215. The Morgan fingerprint density at radius 1 is 0.975 bits per heavy atom. The van der Waals surface area contributed by atoms with E-state index in [2.05, 4.69) is 69.2 Å². The van der Waals surface area contributed by atoms with Crippen molar-refractivity contribution < 1.29 is 4.74 Å². The van der Waals surface area contributed by atoms with E-state index in [0.717, 1.165) is 104 Å². The highest BCUT2D eigenvalue weighted by Crippen LogP contribution is 2.37. The van der Waals surface area contributed by atoms with Gasteiger partial charge in [-0.1, -0.05) is 24.3 Å². The summed E-state index contributed by atoms with van der Waals surface area (Å²) in [6.07, 6.45) is 8.24. The van der Waals surface area contributed by atoms with Crippen molar-refractivity contribution in [2.24, 2.45) is 7.05 Å². The smallest absolute Gasteiger partial charge is 0.160 e. The summed E-state index contributed by atoms with van der Waals surface area (Å²) in [5, 5.41) is 14.2. The first-order valence-electron chi connectivity index (χ1n) is 14.8. The lowest BCUT2D eigenvalue weighted by molar-refractivity contribution is 0.130. The SMILES string of the molecule is CCNc1cc2c(cn1)c(-c1ccc(CN3CCN(C)CC3)cc1)nn2C1CCC(Oc2cn(C)nc2C)CC1. The largest absolute Gasteiger partial charge is 0.487 e. The fourth-order valence-corrected chi connectivity index (χ4v) is 6.11. The normalized spacial score (nSPS) is 20.7. The maximum atomic E-state index is 6.34. The Balaban J connectivity index is 1.22. The van der Waals surface area contributed by atoms with E-state index in [4.69, 9.17) is 14.8 Å². The molecule has 0 bridgehead atoms. The number of rotatable bonds is 8. The summed E-state index contributed by atoms with van der Waals surface area (Å²) >= 11 is 0. The maximum Gasteiger partial charge on any atom is 0.160 e. The third-order valence-corrected chi connectivity index (χ3v) is 8.43. The molecule has 1 saturated heterocycles. The number of anilines is 1. The lowest BCUT2D eigenvalue weighted by Gasteiger charge is -2.32. The van der Waals surface area contributed by atoms with Gasteiger partial charge in [0.05, 0.1) is 23.9 Å². The van der Waals surface area contributed by atoms with Crippen molar-refractivity contribution in [3.8, 4) is 17.0 Å². The second-order valence-electron chi connectivity index (χ2n) is 11.5. The van der Waals surface area contributed by atoms with E-state index in [9.17, 15) is 0 Å². The van der Waals surface area contributed by atoms with Gasteiger partial charge in [0.2, 0.25) is 0 Å². The highest BCUT2D eigenvalue weighted by atomic mass is 16.5. The van der Waals surface area contributed by atoms with Crippen molar-refractivity contribution in [2.45, 2.75) is 58.2 Å². The number of nitrogens with one attached hydrogen (secondary N) is 1. The molecule has 0 atom stereocenters. The number of aromatic nitrogens is 5. The van der Waals surface area contributed by atoms with Crippen molar-refractivity contribution in [2.75, 3.05) is 45.1 Å². The van der Waals surface area contributed by atoms with Gasteiger partial charge in [0.1, 0.15) is 17.2 Å². The van der Waals surface area contributed by atoms with E-state index in [1.165, 1.54) is 5.56 Å². The molecule has 1 aromatic carbocycles. The van der Waals surface area contributed by atoms with E-state index >= 15 is 0 Å². The molecule has 6 rings (SSSR count). The molecule has 2 fully saturated rings. The van der Waals surface area contributed by atoms with E-state index < -0.39 is 0 Å². The standard InChI is InChI=1S/C31H42N8O/c1-5-32-30-18-28-27(19-33-30)31(24-8-6-23(7-9-24)20-38-16-14-36(3)15-17-38)35-39(28)25-10-12-26(13-11-25)40-29-21-37(4)34-22(29)2/h6-9,18-19,21,25-26H,5,10-17,20H2,1-4H3,(H,32,33). The minimum Gasteiger partial charge on any atom is -0.487 e. The van der Waals surface area contributed by atoms with Crippen LogP contribution in [0.1, 0.15) is 49.9 Å². The number of benzene rings is 1. The van der Waals surface area contributed by atoms with E-state index in [-0.39, 0.29) is 6.10 Å². The van der Waals surface area contributed by atoms with Crippen LogP contribution in [-0.2, 0) is 13.6 Å². The summed E-state index contributed by atoms with van der Waals surface area (Å²) in [6, 6.07) is 11.5. The molecule has 0 amide bonds. The Kier molecular flexibility index (Phi) is 7.76. The molecule has 1 aliphatic heterocycles. The van der Waals surface area contributed by atoms with Crippen LogP contribution in [0.25, 0.3) is 22.2 Å². The Labute approximate surface area is 237 Å². The van der Waals surface area contributed by atoms with Crippen molar-refractivity contribution in [1.29, 1.82) is 0 Å². The van der Waals surface area contributed by atoms with Gasteiger partial charge in [-0.25, -0.2) is 4.98 Å². The summed E-state index contributed by atoms with van der Waals surface area (Å²) in [6.45, 7) is 10.5. The monoisotopic (exact) mass is 542 g/mol. The zero-order valence-corrected chi connectivity index (χ0v) is 24.3. The number of fused-ring (bicyclic) bond motifs is 1. The molecule has 9 heteroatoms. The van der Waals surface area contributed by atoms with Crippen molar-refractivity contribution in [3.63, 3.8) is 0 Å². The van der Waals surface area contributed by atoms with Crippen LogP contribution >= 0.6 is 0 Å². The van der Waals surface area contributed by atoms with Gasteiger partial charge in [0.25, 0.3) is 0 Å². The summed E-state index contributed by atoms with van der Waals surface area (Å²) in [5.41, 5.74) is 5.61. The summed E-state index contributed by atoms with van der Waals surface area (Å²) in [5.74, 6) is 1.80. The Morgan fingerprint density at radius 2 is 1.73 bits per heavy atom. The zero-order chi connectivity index (χ0) is 27.6. The number of aryl methyl sites for hydroxylation is 2. The summed E-state index contributed by atoms with van der Waals surface area (Å²) < 4.78 is 10.4. The number of ether oxygens (including phenoxy) is 1. The molecule has 40 heavy (non-hydrogen) atoms. The molecular formula is C31H42N8O. The van der Waals surface area contributed by atoms with E-state index in [0.29, 0.717) is 6.04 Å². The van der Waals surface area contributed by atoms with Crippen LogP contribution < -0.4 is 10.1 Å². The molecule has 1 aliphatic carbocycles. The molecule has 4 heterocycles. The predicted molar refractivity (Wildman–Crippen MR) is 160 cm³/mol. The topological polar surface area (TPSA) is 76.3 Å². The Hall–Kier alpha value is -3.43. The van der Waals surface area contributed by atoms with Gasteiger partial charge < -0.3 is 15.0 Å². The molecule has 2 aliphatic rings. The van der Waals surface area contributed by atoms with Gasteiger partial charge in [0.15, 0.2) is 5.75 Å². The molecular weight excluding hydrogens is 500 g/mol. The third-order valence-electron chi connectivity index (χ3n) is 8.43. The highest BCUT2D eigenvalue weighted by molar-refractivity contribution is 5.94. The van der Waals surface area contributed by atoms with Gasteiger partial charge in [-0.15, -0.1) is 0 Å². The van der Waals surface area contributed by atoms with E-state index in [1.807, 2.05) is 31.0 Å². The number of nitrogens with zero attached hydrogens (tertiary/aromatic N) is 7. The average molecular weight is 543 g/mol. The van der Waals surface area contributed by atoms with Crippen LogP contribution in [0.15, 0.2) is 42.7 Å². The molecule has 0 unspecified atom stereocenters. The number of hydrogen-bond acceptors (Lipinski definition) is 7. The predicted octanol–water partition coefficient (Wildman–Crippen LogP) is 4.88. The molecule has 1 N–H and O–H groups in total. The molecule has 0 radical (unpaired) electrons. The maximum absolute atomic E-state index is 6.34. The Morgan fingerprint density at radius 3 is 2.40 bits per heavy atom. The number of pyridine rings is 1. The molecule has 4 aromatic rings. The first kappa shape index (κ1) is 26.8. The molecule has 212 valence electrons. The Bertz CT molecular complexity index is 1430. The van der Waals surface area contributed by atoms with Crippen LogP contribution in [0.2, 0.25) is 0 Å². The van der Waals surface area contributed by atoms with Crippen LogP contribution in [0.3, 0.4) is 0 Å². The average Bonchev–Trinajstić information content (AvgIpc) is 3.49. The van der Waals surface area contributed by atoms with E-state index in [1.54, 1.807) is 0 Å². The van der Waals surface area contributed by atoms with Crippen molar-refractivity contribution in [1.82, 2.24) is 34.3 Å². The first-order valence-corrected chi connectivity index (χ1v) is 14.8. The molecule has 3 aromatic heterocycles. The number of hydrogen-bond donors (Lipinski definition) is 1. The molecule has 1 saturated carbocycles. The third kappa shape index (κ3) is 5.71. The second kappa shape index (κ2) is 11.6. The molecule has 9 nitrogen and oxygen atoms in total. The van der Waals surface area contributed by atoms with Crippen molar-refractivity contribution in [3.05, 3.63) is 54.0 Å². The fourth-order valence-electron chi connectivity index (χ4n) is 6.11. The first-order chi connectivity index (χ1) is 19.5. The van der Waals surface area contributed by atoms with Gasteiger partial charge in [-0.2, -0.15) is 10.2 Å². The van der Waals surface area contributed by atoms with Crippen LogP contribution in [0.5, 0.6) is 5.75 Å². The van der Waals surface area contributed by atoms with Gasteiger partial charge in [-0.05, 0) is 52.1 Å². The highest BCUT2D eigenvalue weighted by Gasteiger charge is 2.27. The van der Waals surface area contributed by atoms with Crippen LogP contribution in [-0.4, -0.2) is 80.2 Å². The van der Waals surface area contributed by atoms with Gasteiger partial charge in [-0.3, -0.25) is 14.3 Å². The summed E-state index contributed by atoms with van der Waals surface area (Å²) in [4.78, 5) is 9.65. The van der Waals surface area contributed by atoms with Gasteiger partial charge >= 0.3 is 0 Å².